The van der Waals surface area contributed by atoms with Crippen LogP contribution in [-0.2, 0) is 23.7 Å². The first-order valence-electron chi connectivity index (χ1n) is 11.7. The summed E-state index contributed by atoms with van der Waals surface area (Å²) in [4.78, 5) is 0. The van der Waals surface area contributed by atoms with E-state index in [0.29, 0.717) is 0 Å². The average Bonchev–Trinajstić information content (AvgIpc) is 3.26. The normalized spacial score (nSPS) is 13.3. The Balaban J connectivity index is 1.49. The van der Waals surface area contributed by atoms with Crippen LogP contribution in [0.15, 0.2) is 60.7 Å². The molecule has 3 aromatic carbocycles. The van der Waals surface area contributed by atoms with Gasteiger partial charge in [-0.3, -0.25) is 0 Å². The van der Waals surface area contributed by atoms with Crippen molar-refractivity contribution >= 4 is 0 Å². The van der Waals surface area contributed by atoms with Gasteiger partial charge < -0.3 is 19.7 Å². The Morgan fingerprint density at radius 1 is 0.667 bits per heavy atom. The maximum Gasteiger partial charge on any atom is 0.231 e. The van der Waals surface area contributed by atoms with Gasteiger partial charge in [0.2, 0.25) is 6.79 Å². The molecule has 0 fully saturated rings. The number of aryl methyl sites for hydroxylation is 2. The number of fused-ring (bicyclic) bond motifs is 1. The van der Waals surface area contributed by atoms with Crippen LogP contribution in [-0.4, -0.2) is 17.0 Å². The summed E-state index contributed by atoms with van der Waals surface area (Å²) in [7, 11) is 0. The van der Waals surface area contributed by atoms with Gasteiger partial charge in [0.15, 0.2) is 11.5 Å². The molecule has 1 aliphatic heterocycles. The lowest BCUT2D eigenvalue weighted by Crippen LogP contribution is -2.21. The zero-order valence-corrected chi connectivity index (χ0v) is 20.0. The van der Waals surface area contributed by atoms with Crippen LogP contribution >= 0.6 is 0 Å². The molecule has 0 saturated carbocycles. The average molecular weight is 447 g/mol. The predicted octanol–water partition coefficient (Wildman–Crippen LogP) is 6.65. The molecule has 0 bridgehead atoms. The van der Waals surface area contributed by atoms with Gasteiger partial charge in [0.05, 0.1) is 0 Å². The van der Waals surface area contributed by atoms with Gasteiger partial charge in [-0.2, -0.15) is 0 Å². The predicted molar refractivity (Wildman–Crippen MR) is 131 cm³/mol. The zero-order valence-electron chi connectivity index (χ0n) is 20.0. The molecule has 3 aromatic rings. The fourth-order valence-electron chi connectivity index (χ4n) is 4.59. The van der Waals surface area contributed by atoms with E-state index in [2.05, 4.69) is 45.9 Å². The molecule has 0 saturated heterocycles. The Bertz CT molecular complexity index is 1120. The van der Waals surface area contributed by atoms with Crippen molar-refractivity contribution < 1.29 is 19.7 Å². The lowest BCUT2D eigenvalue weighted by Gasteiger charge is -2.30. The highest BCUT2D eigenvalue weighted by Gasteiger charge is 2.30. The lowest BCUT2D eigenvalue weighted by atomic mass is 9.75. The topological polar surface area (TPSA) is 58.9 Å². The monoisotopic (exact) mass is 446 g/mol. The summed E-state index contributed by atoms with van der Waals surface area (Å²) in [5.74, 6) is 2.06. The number of benzene rings is 3. The van der Waals surface area contributed by atoms with Crippen LogP contribution in [0, 0.1) is 0 Å². The Kier molecular flexibility index (Phi) is 6.29. The molecule has 0 aliphatic carbocycles. The van der Waals surface area contributed by atoms with Crippen molar-refractivity contribution in [3.05, 3.63) is 82.9 Å². The van der Waals surface area contributed by atoms with E-state index >= 15 is 0 Å². The minimum Gasteiger partial charge on any atom is -0.508 e. The van der Waals surface area contributed by atoms with Crippen LogP contribution < -0.4 is 9.47 Å². The molecule has 4 rings (SSSR count). The van der Waals surface area contributed by atoms with Crippen LogP contribution in [0.1, 0.15) is 62.8 Å². The number of rotatable bonds is 8. The van der Waals surface area contributed by atoms with E-state index in [4.69, 9.17) is 9.47 Å². The highest BCUT2D eigenvalue weighted by Crippen LogP contribution is 2.43. The van der Waals surface area contributed by atoms with Crippen LogP contribution in [0.5, 0.6) is 23.0 Å². The number of aromatic hydroxyl groups is 2. The zero-order chi connectivity index (χ0) is 23.6. The van der Waals surface area contributed by atoms with E-state index in [0.717, 1.165) is 53.9 Å². The van der Waals surface area contributed by atoms with E-state index in [1.807, 2.05) is 30.3 Å². The largest absolute Gasteiger partial charge is 0.508 e. The maximum absolute atomic E-state index is 11.0. The number of hydrogen-bond acceptors (Lipinski definition) is 4. The van der Waals surface area contributed by atoms with Crippen LogP contribution in [0.4, 0.5) is 0 Å². The third kappa shape index (κ3) is 5.11. The fourth-order valence-corrected chi connectivity index (χ4v) is 4.59. The summed E-state index contributed by atoms with van der Waals surface area (Å²) in [6.45, 7) is 8.72. The molecule has 1 heterocycles. The second-order valence-electron chi connectivity index (χ2n) is 10.3. The molecule has 4 heteroatoms. The standard InChI is InChI=1S/C29H34O4/c1-28(2,14-12-20-8-6-5-7-9-20)22-17-25(31)23(18-24(22)30)29(3,4)15-13-21-10-11-26-27(16-21)33-19-32-26/h5-11,16-18,30-31H,12-15,19H2,1-4H3. The molecular formula is C29H34O4. The smallest absolute Gasteiger partial charge is 0.231 e. The van der Waals surface area contributed by atoms with Gasteiger partial charge in [-0.15, -0.1) is 0 Å². The molecular weight excluding hydrogens is 412 g/mol. The molecule has 4 nitrogen and oxygen atoms in total. The van der Waals surface area contributed by atoms with Gasteiger partial charge >= 0.3 is 0 Å². The molecule has 0 unspecified atom stereocenters. The van der Waals surface area contributed by atoms with Gasteiger partial charge in [0.1, 0.15) is 11.5 Å². The summed E-state index contributed by atoms with van der Waals surface area (Å²) in [5.41, 5.74) is 3.40. The van der Waals surface area contributed by atoms with Crippen molar-refractivity contribution in [3.63, 3.8) is 0 Å². The number of hydrogen-bond donors (Lipinski definition) is 2. The summed E-state index contributed by atoms with van der Waals surface area (Å²) in [6.07, 6.45) is 3.43. The van der Waals surface area contributed by atoms with Crippen LogP contribution in [0.3, 0.4) is 0 Å². The number of ether oxygens (including phenoxy) is 2. The van der Waals surface area contributed by atoms with Crippen molar-refractivity contribution in [2.24, 2.45) is 0 Å². The van der Waals surface area contributed by atoms with E-state index in [9.17, 15) is 10.2 Å². The first kappa shape index (κ1) is 23.0. The Morgan fingerprint density at radius 2 is 1.21 bits per heavy atom. The van der Waals surface area contributed by atoms with Crippen LogP contribution in [0.25, 0.3) is 0 Å². The van der Waals surface area contributed by atoms with Crippen molar-refractivity contribution in [1.82, 2.24) is 0 Å². The van der Waals surface area contributed by atoms with Gasteiger partial charge in [-0.25, -0.2) is 0 Å². The van der Waals surface area contributed by atoms with Gasteiger partial charge in [-0.1, -0.05) is 64.1 Å². The Morgan fingerprint density at radius 3 is 1.82 bits per heavy atom. The van der Waals surface area contributed by atoms with E-state index < -0.39 is 0 Å². The quantitative estimate of drug-likeness (QED) is 0.381. The van der Waals surface area contributed by atoms with Crippen molar-refractivity contribution in [3.8, 4) is 23.0 Å². The highest BCUT2D eigenvalue weighted by molar-refractivity contribution is 5.51. The number of phenolic OH excluding ortho intramolecular Hbond substituents is 2. The minimum absolute atomic E-state index is 0.242. The molecule has 0 radical (unpaired) electrons. The molecule has 2 N–H and O–H groups in total. The molecule has 174 valence electrons. The molecule has 0 spiro atoms. The van der Waals surface area contributed by atoms with Crippen molar-refractivity contribution in [1.29, 1.82) is 0 Å². The van der Waals surface area contributed by atoms with E-state index in [-0.39, 0.29) is 29.1 Å². The van der Waals surface area contributed by atoms with Gasteiger partial charge in [0, 0.05) is 11.1 Å². The van der Waals surface area contributed by atoms with Crippen molar-refractivity contribution in [2.45, 2.75) is 64.2 Å². The van der Waals surface area contributed by atoms with E-state index in [1.54, 1.807) is 12.1 Å². The molecule has 0 atom stereocenters. The summed E-state index contributed by atoms with van der Waals surface area (Å²) >= 11 is 0. The fraction of sp³-hybridized carbons (Fsp3) is 0.379. The van der Waals surface area contributed by atoms with Crippen LogP contribution in [0.2, 0.25) is 0 Å². The molecule has 0 amide bonds. The summed E-state index contributed by atoms with van der Waals surface area (Å²) in [5, 5.41) is 21.9. The maximum atomic E-state index is 11.0. The molecule has 1 aliphatic rings. The Hall–Kier alpha value is -3.14. The molecule has 33 heavy (non-hydrogen) atoms. The second-order valence-corrected chi connectivity index (χ2v) is 10.3. The minimum atomic E-state index is -0.315. The lowest BCUT2D eigenvalue weighted by molar-refractivity contribution is 0.174. The first-order chi connectivity index (χ1) is 15.7. The summed E-state index contributed by atoms with van der Waals surface area (Å²) in [6, 6.07) is 19.9. The molecule has 0 aromatic heterocycles. The first-order valence-corrected chi connectivity index (χ1v) is 11.7. The summed E-state index contributed by atoms with van der Waals surface area (Å²) < 4.78 is 10.9. The Labute approximate surface area is 196 Å². The third-order valence-corrected chi connectivity index (χ3v) is 6.93. The highest BCUT2D eigenvalue weighted by atomic mass is 16.7. The van der Waals surface area contributed by atoms with Gasteiger partial charge in [-0.05, 0) is 71.9 Å². The number of phenols is 2. The van der Waals surface area contributed by atoms with E-state index in [1.165, 1.54) is 5.56 Å². The SMILES string of the molecule is CC(C)(CCc1ccccc1)c1cc(O)c(C(C)(C)CCc2ccc3c(c2)OCO3)cc1O. The van der Waals surface area contributed by atoms with Gasteiger partial charge in [0.25, 0.3) is 0 Å². The van der Waals surface area contributed by atoms with Crippen molar-refractivity contribution in [2.75, 3.05) is 6.79 Å². The second kappa shape index (κ2) is 9.01. The third-order valence-electron chi connectivity index (χ3n) is 6.93.